The molecule has 4 rings (SSSR count). The van der Waals surface area contributed by atoms with Crippen molar-refractivity contribution in [2.75, 3.05) is 37.6 Å². The molecule has 0 bridgehead atoms. The lowest BCUT2D eigenvalue weighted by Crippen LogP contribution is -2.40. The first kappa shape index (κ1) is 16.8. The molecule has 1 amide bonds. The molecule has 2 saturated heterocycles. The summed E-state index contributed by atoms with van der Waals surface area (Å²) in [5.74, 6) is -0.00862. The lowest BCUT2D eigenvalue weighted by molar-refractivity contribution is 0.0956. The van der Waals surface area contributed by atoms with Gasteiger partial charge in [0.05, 0.1) is 10.2 Å². The van der Waals surface area contributed by atoms with Crippen molar-refractivity contribution in [2.45, 2.75) is 38.6 Å². The fourth-order valence-corrected chi connectivity index (χ4v) is 4.99. The average molecular weight is 359 g/mol. The summed E-state index contributed by atoms with van der Waals surface area (Å²) in [6.07, 6.45) is 5.32. The van der Waals surface area contributed by atoms with E-state index in [9.17, 15) is 4.79 Å². The van der Waals surface area contributed by atoms with Crippen LogP contribution in [0.2, 0.25) is 0 Å². The van der Waals surface area contributed by atoms with Crippen molar-refractivity contribution in [2.24, 2.45) is 0 Å². The summed E-state index contributed by atoms with van der Waals surface area (Å²) in [6, 6.07) is 6.49. The van der Waals surface area contributed by atoms with Crippen LogP contribution in [0.3, 0.4) is 0 Å². The van der Waals surface area contributed by atoms with Crippen molar-refractivity contribution in [3.8, 4) is 0 Å². The van der Waals surface area contributed by atoms with Gasteiger partial charge < -0.3 is 10.2 Å². The molecule has 3 heterocycles. The zero-order valence-corrected chi connectivity index (χ0v) is 15.6. The summed E-state index contributed by atoms with van der Waals surface area (Å²) in [5, 5.41) is 3.96. The summed E-state index contributed by atoms with van der Waals surface area (Å²) in [5.41, 5.74) is 1.71. The van der Waals surface area contributed by atoms with E-state index in [1.165, 1.54) is 38.8 Å². The molecule has 5 nitrogen and oxygen atoms in total. The number of thiazole rings is 1. The van der Waals surface area contributed by atoms with Crippen LogP contribution in [0.1, 0.15) is 43.0 Å². The molecule has 2 aliphatic rings. The van der Waals surface area contributed by atoms with Gasteiger partial charge in [-0.25, -0.2) is 4.98 Å². The number of rotatable bonds is 4. The standard InChI is InChI=1S/C19H26N4OS/c1-2-20-18(24)14-6-7-16-17(12-14)25-19(21-16)23-11-8-15(13-23)22-9-4-3-5-10-22/h6-7,12,15H,2-5,8-11,13H2,1H3,(H,20,24)/t15-/m1/s1. The third kappa shape index (κ3) is 3.51. The normalized spacial score (nSPS) is 21.8. The smallest absolute Gasteiger partial charge is 0.251 e. The number of nitrogens with zero attached hydrogens (tertiary/aromatic N) is 3. The summed E-state index contributed by atoms with van der Waals surface area (Å²) in [6.45, 7) is 7.28. The Labute approximate surface area is 153 Å². The lowest BCUT2D eigenvalue weighted by atomic mass is 10.1. The Morgan fingerprint density at radius 2 is 2.12 bits per heavy atom. The van der Waals surface area contributed by atoms with Gasteiger partial charge >= 0.3 is 0 Å². The van der Waals surface area contributed by atoms with E-state index >= 15 is 0 Å². The fraction of sp³-hybridized carbons (Fsp3) is 0.579. The Hall–Kier alpha value is -1.66. The quantitative estimate of drug-likeness (QED) is 0.912. The molecule has 2 aromatic rings. The molecule has 1 N–H and O–H groups in total. The lowest BCUT2D eigenvalue weighted by Gasteiger charge is -2.32. The van der Waals surface area contributed by atoms with Crippen molar-refractivity contribution in [1.29, 1.82) is 0 Å². The zero-order chi connectivity index (χ0) is 17.2. The number of anilines is 1. The Morgan fingerprint density at radius 3 is 2.92 bits per heavy atom. The number of piperidine rings is 1. The summed E-state index contributed by atoms with van der Waals surface area (Å²) >= 11 is 1.71. The summed E-state index contributed by atoms with van der Waals surface area (Å²) in [7, 11) is 0. The second-order valence-corrected chi connectivity index (χ2v) is 8.03. The summed E-state index contributed by atoms with van der Waals surface area (Å²) < 4.78 is 1.10. The highest BCUT2D eigenvalue weighted by Gasteiger charge is 2.29. The highest BCUT2D eigenvalue weighted by atomic mass is 32.1. The topological polar surface area (TPSA) is 48.5 Å². The maximum absolute atomic E-state index is 12.0. The molecule has 2 aliphatic heterocycles. The van der Waals surface area contributed by atoms with Gasteiger partial charge in [0.1, 0.15) is 0 Å². The van der Waals surface area contributed by atoms with E-state index in [4.69, 9.17) is 4.98 Å². The van der Waals surface area contributed by atoms with Gasteiger partial charge in [0.15, 0.2) is 5.13 Å². The molecular weight excluding hydrogens is 332 g/mol. The van der Waals surface area contributed by atoms with Crippen molar-refractivity contribution >= 4 is 32.6 Å². The minimum atomic E-state index is -0.00862. The van der Waals surface area contributed by atoms with E-state index in [1.807, 2.05) is 25.1 Å². The number of carbonyl (C=O) groups is 1. The number of amides is 1. The van der Waals surface area contributed by atoms with Gasteiger partial charge in [-0.05, 0) is 57.5 Å². The van der Waals surface area contributed by atoms with Crippen molar-refractivity contribution < 1.29 is 4.79 Å². The molecule has 134 valence electrons. The van der Waals surface area contributed by atoms with Crippen LogP contribution in [0.25, 0.3) is 10.2 Å². The first-order valence-electron chi connectivity index (χ1n) is 9.42. The number of hydrogen-bond acceptors (Lipinski definition) is 5. The number of nitrogens with one attached hydrogen (secondary N) is 1. The Kier molecular flexibility index (Phi) is 4.90. The van der Waals surface area contributed by atoms with Crippen LogP contribution in [0.4, 0.5) is 5.13 Å². The van der Waals surface area contributed by atoms with Gasteiger partial charge in [-0.1, -0.05) is 17.8 Å². The number of carbonyl (C=O) groups excluding carboxylic acids is 1. The van der Waals surface area contributed by atoms with Crippen LogP contribution in [0.15, 0.2) is 18.2 Å². The largest absolute Gasteiger partial charge is 0.352 e. The SMILES string of the molecule is CCNC(=O)c1ccc2nc(N3CC[C@@H](N4CCCCC4)C3)sc2c1. The van der Waals surface area contributed by atoms with Crippen molar-refractivity contribution in [1.82, 2.24) is 15.2 Å². The highest BCUT2D eigenvalue weighted by molar-refractivity contribution is 7.22. The van der Waals surface area contributed by atoms with Gasteiger partial charge in [0.2, 0.25) is 0 Å². The van der Waals surface area contributed by atoms with Crippen LogP contribution in [-0.2, 0) is 0 Å². The molecule has 0 spiro atoms. The molecule has 2 fully saturated rings. The maximum Gasteiger partial charge on any atom is 0.251 e. The second kappa shape index (κ2) is 7.30. The Balaban J connectivity index is 1.49. The number of fused-ring (bicyclic) bond motifs is 1. The van der Waals surface area contributed by atoms with Crippen LogP contribution < -0.4 is 10.2 Å². The molecule has 25 heavy (non-hydrogen) atoms. The first-order valence-corrected chi connectivity index (χ1v) is 10.2. The predicted molar refractivity (Wildman–Crippen MR) is 104 cm³/mol. The van der Waals surface area contributed by atoms with Crippen LogP contribution in [-0.4, -0.2) is 54.6 Å². The zero-order valence-electron chi connectivity index (χ0n) is 14.8. The van der Waals surface area contributed by atoms with E-state index in [-0.39, 0.29) is 5.91 Å². The van der Waals surface area contributed by atoms with Crippen LogP contribution >= 0.6 is 11.3 Å². The second-order valence-electron chi connectivity index (χ2n) is 7.02. The monoisotopic (exact) mass is 358 g/mol. The molecule has 0 unspecified atom stereocenters. The Morgan fingerprint density at radius 1 is 1.28 bits per heavy atom. The predicted octanol–water partition coefficient (Wildman–Crippen LogP) is 3.11. The van der Waals surface area contributed by atoms with Crippen molar-refractivity contribution in [3.05, 3.63) is 23.8 Å². The minimum Gasteiger partial charge on any atom is -0.352 e. The third-order valence-electron chi connectivity index (χ3n) is 5.32. The molecule has 1 aromatic carbocycles. The number of aromatic nitrogens is 1. The fourth-order valence-electron chi connectivity index (χ4n) is 3.95. The number of likely N-dealkylation sites (tertiary alicyclic amines) is 1. The van der Waals surface area contributed by atoms with E-state index < -0.39 is 0 Å². The third-order valence-corrected chi connectivity index (χ3v) is 6.40. The van der Waals surface area contributed by atoms with Crippen LogP contribution in [0.5, 0.6) is 0 Å². The highest BCUT2D eigenvalue weighted by Crippen LogP contribution is 2.32. The van der Waals surface area contributed by atoms with Gasteiger partial charge in [0.25, 0.3) is 5.91 Å². The molecule has 0 radical (unpaired) electrons. The van der Waals surface area contributed by atoms with Gasteiger partial charge in [-0.3, -0.25) is 9.69 Å². The molecule has 0 saturated carbocycles. The average Bonchev–Trinajstić information content (AvgIpc) is 3.29. The van der Waals surface area contributed by atoms with Crippen LogP contribution in [0, 0.1) is 0 Å². The van der Waals surface area contributed by atoms with Gasteiger partial charge in [-0.15, -0.1) is 0 Å². The van der Waals surface area contributed by atoms with E-state index in [1.54, 1.807) is 11.3 Å². The van der Waals surface area contributed by atoms with E-state index in [0.29, 0.717) is 12.6 Å². The molecule has 0 aliphatic carbocycles. The summed E-state index contributed by atoms with van der Waals surface area (Å²) in [4.78, 5) is 21.9. The molecule has 1 aromatic heterocycles. The number of hydrogen-bond donors (Lipinski definition) is 1. The Bertz CT molecular complexity index is 753. The van der Waals surface area contributed by atoms with Gasteiger partial charge in [-0.2, -0.15) is 0 Å². The van der Waals surface area contributed by atoms with Gasteiger partial charge in [0, 0.05) is 31.2 Å². The van der Waals surface area contributed by atoms with E-state index in [2.05, 4.69) is 15.1 Å². The molecule has 1 atom stereocenters. The maximum atomic E-state index is 12.0. The van der Waals surface area contributed by atoms with E-state index in [0.717, 1.165) is 34.0 Å². The van der Waals surface area contributed by atoms with Crippen molar-refractivity contribution in [3.63, 3.8) is 0 Å². The molecular formula is C19H26N4OS. The minimum absolute atomic E-state index is 0.00862. The molecule has 6 heteroatoms. The first-order chi connectivity index (χ1) is 12.2. The number of benzene rings is 1.